The molecular formula is C28H23ClN2O2. The summed E-state index contributed by atoms with van der Waals surface area (Å²) in [5, 5.41) is 11.5. The van der Waals surface area contributed by atoms with E-state index in [4.69, 9.17) is 16.3 Å². The van der Waals surface area contributed by atoms with E-state index < -0.39 is 0 Å². The predicted molar refractivity (Wildman–Crippen MR) is 133 cm³/mol. The van der Waals surface area contributed by atoms with Gasteiger partial charge in [0.05, 0.1) is 19.2 Å². The number of rotatable bonds is 7. The Hall–Kier alpha value is -3.81. The van der Waals surface area contributed by atoms with Gasteiger partial charge < -0.3 is 9.30 Å². The molecule has 1 atom stereocenters. The number of pyridine rings is 1. The van der Waals surface area contributed by atoms with Crippen LogP contribution >= 0.6 is 11.6 Å². The molecule has 0 N–H and O–H groups in total. The van der Waals surface area contributed by atoms with Crippen LogP contribution < -0.4 is 10.3 Å². The van der Waals surface area contributed by atoms with Crippen LogP contribution in [-0.4, -0.2) is 11.7 Å². The number of halogens is 1. The summed E-state index contributed by atoms with van der Waals surface area (Å²) in [6.07, 6.45) is 2.34. The highest BCUT2D eigenvalue weighted by molar-refractivity contribution is 6.30. The molecule has 4 aromatic rings. The molecule has 0 aliphatic carbocycles. The average Bonchev–Trinajstić information content (AvgIpc) is 2.85. The molecule has 0 saturated carbocycles. The number of methoxy groups -OCH3 is 1. The molecule has 0 aliphatic heterocycles. The first-order valence-corrected chi connectivity index (χ1v) is 11.0. The quantitative estimate of drug-likeness (QED) is 0.317. The lowest BCUT2D eigenvalue weighted by Crippen LogP contribution is -2.26. The van der Waals surface area contributed by atoms with Crippen LogP contribution in [0.25, 0.3) is 10.9 Å². The van der Waals surface area contributed by atoms with Crippen LogP contribution in [-0.2, 0) is 13.0 Å². The lowest BCUT2D eigenvalue weighted by Gasteiger charge is -2.19. The molecular weight excluding hydrogens is 432 g/mol. The number of nitrogens with zero attached hydrogens (tertiary/aromatic N) is 2. The van der Waals surface area contributed by atoms with Gasteiger partial charge in [-0.25, -0.2) is 0 Å². The smallest absolute Gasteiger partial charge is 0.269 e. The van der Waals surface area contributed by atoms with E-state index in [1.165, 1.54) is 0 Å². The van der Waals surface area contributed by atoms with Gasteiger partial charge in [-0.2, -0.15) is 5.26 Å². The summed E-state index contributed by atoms with van der Waals surface area (Å²) in [6, 6.07) is 25.1. The highest BCUT2D eigenvalue weighted by Crippen LogP contribution is 2.29. The van der Waals surface area contributed by atoms with Crippen LogP contribution in [0.1, 0.15) is 28.2 Å². The highest BCUT2D eigenvalue weighted by Gasteiger charge is 2.20. The zero-order valence-corrected chi connectivity index (χ0v) is 19.0. The molecule has 0 fully saturated rings. The monoisotopic (exact) mass is 454 g/mol. The standard InChI is InChI=1S/C28H23ClN2O2/c1-3-20(21-10-12-22(29)13-11-21)16-25-24-6-4-5-7-27(24)31(28(32)26(25)17-30)18-19-8-14-23(33-2)15-9-19/h3-15,20H,1,16,18H2,2H3/t20-/m1/s1. The summed E-state index contributed by atoms with van der Waals surface area (Å²) in [4.78, 5) is 13.5. The number of hydrogen-bond donors (Lipinski definition) is 0. The minimum Gasteiger partial charge on any atom is -0.497 e. The fourth-order valence-corrected chi connectivity index (χ4v) is 4.26. The van der Waals surface area contributed by atoms with Gasteiger partial charge in [0.2, 0.25) is 0 Å². The van der Waals surface area contributed by atoms with Gasteiger partial charge in [0, 0.05) is 16.3 Å². The van der Waals surface area contributed by atoms with Crippen molar-refractivity contribution in [3.63, 3.8) is 0 Å². The molecule has 0 bridgehead atoms. The topological polar surface area (TPSA) is 55.0 Å². The number of aromatic nitrogens is 1. The molecule has 5 heteroatoms. The van der Waals surface area contributed by atoms with Crippen molar-refractivity contribution >= 4 is 22.5 Å². The largest absolute Gasteiger partial charge is 0.497 e. The number of hydrogen-bond acceptors (Lipinski definition) is 3. The number of ether oxygens (including phenoxy) is 1. The van der Waals surface area contributed by atoms with Crippen molar-refractivity contribution in [2.45, 2.75) is 18.9 Å². The summed E-state index contributed by atoms with van der Waals surface area (Å²) in [5.74, 6) is 0.691. The zero-order valence-electron chi connectivity index (χ0n) is 18.3. The second-order valence-corrected chi connectivity index (χ2v) is 8.26. The Morgan fingerprint density at radius 1 is 1.09 bits per heavy atom. The van der Waals surface area contributed by atoms with E-state index in [0.717, 1.165) is 33.3 Å². The van der Waals surface area contributed by atoms with Crippen LogP contribution in [0.15, 0.2) is 90.2 Å². The van der Waals surface area contributed by atoms with Crippen molar-refractivity contribution in [2.75, 3.05) is 7.11 Å². The highest BCUT2D eigenvalue weighted by atomic mass is 35.5. The van der Waals surface area contributed by atoms with Crippen LogP contribution in [0.4, 0.5) is 0 Å². The molecule has 33 heavy (non-hydrogen) atoms. The first-order valence-electron chi connectivity index (χ1n) is 10.6. The van der Waals surface area contributed by atoms with Crippen molar-refractivity contribution in [1.82, 2.24) is 4.57 Å². The zero-order chi connectivity index (χ0) is 23.4. The second kappa shape index (κ2) is 9.77. The van der Waals surface area contributed by atoms with E-state index >= 15 is 0 Å². The first-order chi connectivity index (χ1) is 16.0. The molecule has 164 valence electrons. The molecule has 0 unspecified atom stereocenters. The van der Waals surface area contributed by atoms with E-state index in [1.807, 2.05) is 78.9 Å². The first kappa shape index (κ1) is 22.4. The molecule has 0 radical (unpaired) electrons. The predicted octanol–water partition coefficient (Wildman–Crippen LogP) is 6.10. The van der Waals surface area contributed by atoms with E-state index in [-0.39, 0.29) is 17.0 Å². The van der Waals surface area contributed by atoms with E-state index in [9.17, 15) is 10.1 Å². The Morgan fingerprint density at radius 3 is 2.42 bits per heavy atom. The third-order valence-electron chi connectivity index (χ3n) is 5.90. The number of benzene rings is 3. The van der Waals surface area contributed by atoms with Crippen molar-refractivity contribution < 1.29 is 4.74 Å². The minimum absolute atomic E-state index is 0.0605. The lowest BCUT2D eigenvalue weighted by molar-refractivity contribution is 0.414. The summed E-state index contributed by atoms with van der Waals surface area (Å²) in [5.41, 5.74) is 3.40. The number of allylic oxidation sites excluding steroid dienone is 1. The van der Waals surface area contributed by atoms with Crippen LogP contribution in [0.2, 0.25) is 5.02 Å². The maximum Gasteiger partial charge on any atom is 0.269 e. The van der Waals surface area contributed by atoms with Gasteiger partial charge in [-0.05, 0) is 53.4 Å². The Kier molecular flexibility index (Phi) is 6.63. The van der Waals surface area contributed by atoms with E-state index in [2.05, 4.69) is 12.6 Å². The molecule has 0 aliphatic rings. The maximum absolute atomic E-state index is 13.5. The van der Waals surface area contributed by atoms with Gasteiger partial charge in [-0.15, -0.1) is 6.58 Å². The Bertz CT molecular complexity index is 1400. The van der Waals surface area contributed by atoms with Gasteiger partial charge in [0.1, 0.15) is 17.4 Å². The Balaban J connectivity index is 1.83. The Morgan fingerprint density at radius 2 is 1.79 bits per heavy atom. The molecule has 1 heterocycles. The van der Waals surface area contributed by atoms with Crippen molar-refractivity contribution in [2.24, 2.45) is 0 Å². The van der Waals surface area contributed by atoms with Crippen molar-refractivity contribution in [3.8, 4) is 11.8 Å². The van der Waals surface area contributed by atoms with Crippen LogP contribution in [0, 0.1) is 11.3 Å². The summed E-state index contributed by atoms with van der Waals surface area (Å²) >= 11 is 6.05. The second-order valence-electron chi connectivity index (χ2n) is 7.82. The van der Waals surface area contributed by atoms with Gasteiger partial charge in [-0.3, -0.25) is 4.79 Å². The average molecular weight is 455 g/mol. The van der Waals surface area contributed by atoms with E-state index in [1.54, 1.807) is 11.7 Å². The third kappa shape index (κ3) is 4.55. The number of fused-ring (bicyclic) bond motifs is 1. The van der Waals surface area contributed by atoms with Crippen LogP contribution in [0.3, 0.4) is 0 Å². The maximum atomic E-state index is 13.5. The fourth-order valence-electron chi connectivity index (χ4n) is 4.14. The van der Waals surface area contributed by atoms with Gasteiger partial charge in [0.15, 0.2) is 0 Å². The normalized spacial score (nSPS) is 11.7. The molecule has 1 aromatic heterocycles. The molecule has 4 rings (SSSR count). The molecule has 4 nitrogen and oxygen atoms in total. The lowest BCUT2D eigenvalue weighted by atomic mass is 9.88. The number of nitriles is 1. The SMILES string of the molecule is C=C[C@H](Cc1c(C#N)c(=O)n(Cc2ccc(OC)cc2)c2ccccc12)c1ccc(Cl)cc1. The summed E-state index contributed by atoms with van der Waals surface area (Å²) < 4.78 is 6.90. The van der Waals surface area contributed by atoms with E-state index in [0.29, 0.717) is 18.0 Å². The van der Waals surface area contributed by atoms with Crippen LogP contribution in [0.5, 0.6) is 5.75 Å². The third-order valence-corrected chi connectivity index (χ3v) is 6.15. The number of para-hydroxylation sites is 1. The van der Waals surface area contributed by atoms with Crippen molar-refractivity contribution in [1.29, 1.82) is 5.26 Å². The van der Waals surface area contributed by atoms with Crippen molar-refractivity contribution in [3.05, 3.63) is 123 Å². The fraction of sp³-hybridized carbons (Fsp3) is 0.143. The summed E-state index contributed by atoms with van der Waals surface area (Å²) in [6.45, 7) is 4.35. The van der Waals surface area contributed by atoms with Gasteiger partial charge in [-0.1, -0.05) is 60.1 Å². The molecule has 0 saturated heterocycles. The molecule has 0 amide bonds. The summed E-state index contributed by atoms with van der Waals surface area (Å²) in [7, 11) is 1.62. The molecule has 0 spiro atoms. The molecule has 3 aromatic carbocycles. The Labute approximate surface area is 197 Å². The van der Waals surface area contributed by atoms with Gasteiger partial charge >= 0.3 is 0 Å². The minimum atomic E-state index is -0.291. The van der Waals surface area contributed by atoms with Gasteiger partial charge in [0.25, 0.3) is 5.56 Å².